The highest BCUT2D eigenvalue weighted by atomic mass is 79.9. The molecule has 0 aliphatic rings. The molecule has 0 spiro atoms. The van der Waals surface area contributed by atoms with E-state index in [2.05, 4.69) is 21.2 Å². The van der Waals surface area contributed by atoms with Crippen LogP contribution in [0.5, 0.6) is 0 Å². The zero-order chi connectivity index (χ0) is 13.8. The van der Waals surface area contributed by atoms with Gasteiger partial charge in [0.25, 0.3) is 0 Å². The summed E-state index contributed by atoms with van der Waals surface area (Å²) in [6.45, 7) is 0.444. The summed E-state index contributed by atoms with van der Waals surface area (Å²) in [6.07, 6.45) is 1.59. The lowest BCUT2D eigenvalue weighted by molar-refractivity contribution is 0.0602. The molecule has 0 atom stereocenters. The van der Waals surface area contributed by atoms with Gasteiger partial charge in [0.2, 0.25) is 0 Å². The highest BCUT2D eigenvalue weighted by Crippen LogP contribution is 2.24. The largest absolute Gasteiger partial charge is 0.466 e. The molecule has 0 amide bonds. The lowest BCUT2D eigenvalue weighted by atomic mass is 10.1. The van der Waals surface area contributed by atoms with E-state index in [1.807, 2.05) is 0 Å². The summed E-state index contributed by atoms with van der Waals surface area (Å²) in [6, 6.07) is 6.80. The van der Waals surface area contributed by atoms with Gasteiger partial charge in [-0.25, -0.2) is 4.79 Å². The van der Waals surface area contributed by atoms with Gasteiger partial charge in [0.15, 0.2) is 0 Å². The van der Waals surface area contributed by atoms with Crippen LogP contribution >= 0.6 is 27.5 Å². The molecular formula is C13H11BrClNO3. The molecule has 0 bridgehead atoms. The molecule has 0 radical (unpaired) electrons. The van der Waals surface area contributed by atoms with E-state index in [0.717, 1.165) is 10.2 Å². The van der Waals surface area contributed by atoms with Crippen LogP contribution in [-0.2, 0) is 11.3 Å². The van der Waals surface area contributed by atoms with Crippen LogP contribution in [0.25, 0.3) is 0 Å². The summed E-state index contributed by atoms with van der Waals surface area (Å²) in [7, 11) is 1.33. The van der Waals surface area contributed by atoms with Crippen molar-refractivity contribution in [2.24, 2.45) is 0 Å². The number of methoxy groups -OCH3 is 1. The normalized spacial score (nSPS) is 10.3. The average Bonchev–Trinajstić information content (AvgIpc) is 2.82. The van der Waals surface area contributed by atoms with E-state index in [1.54, 1.807) is 30.5 Å². The van der Waals surface area contributed by atoms with Crippen LogP contribution in [-0.4, -0.2) is 13.1 Å². The summed E-state index contributed by atoms with van der Waals surface area (Å²) in [4.78, 5) is 11.7. The molecule has 0 saturated carbocycles. The third-order valence-corrected chi connectivity index (χ3v) is 3.46. The van der Waals surface area contributed by atoms with Crippen molar-refractivity contribution in [1.82, 2.24) is 0 Å². The lowest BCUT2D eigenvalue weighted by Crippen LogP contribution is -2.08. The predicted octanol–water partition coefficient (Wildman–Crippen LogP) is 4.09. The topological polar surface area (TPSA) is 51.5 Å². The molecular weight excluding hydrogens is 334 g/mol. The minimum absolute atomic E-state index is 0.387. The number of furan rings is 1. The van der Waals surface area contributed by atoms with Gasteiger partial charge in [-0.3, -0.25) is 0 Å². The predicted molar refractivity (Wildman–Crippen MR) is 76.5 cm³/mol. The van der Waals surface area contributed by atoms with Gasteiger partial charge in [-0.05, 0) is 40.2 Å². The van der Waals surface area contributed by atoms with Gasteiger partial charge in [-0.15, -0.1) is 0 Å². The molecule has 0 aliphatic carbocycles. The van der Waals surface area contributed by atoms with Crippen LogP contribution < -0.4 is 5.32 Å². The Morgan fingerprint density at radius 1 is 1.47 bits per heavy atom. The monoisotopic (exact) mass is 343 g/mol. The number of anilines is 1. The number of benzene rings is 1. The van der Waals surface area contributed by atoms with E-state index in [4.69, 9.17) is 20.8 Å². The van der Waals surface area contributed by atoms with Crippen LogP contribution in [0.4, 0.5) is 5.69 Å². The first kappa shape index (κ1) is 14.0. The molecule has 1 heterocycles. The summed E-state index contributed by atoms with van der Waals surface area (Å²) in [5.41, 5.74) is 1.03. The number of hydrogen-bond acceptors (Lipinski definition) is 4. The maximum atomic E-state index is 11.7. The molecule has 0 unspecified atom stereocenters. The van der Waals surface area contributed by atoms with Crippen molar-refractivity contribution in [3.8, 4) is 0 Å². The van der Waals surface area contributed by atoms with E-state index in [-0.39, 0.29) is 0 Å². The Morgan fingerprint density at radius 3 is 2.89 bits per heavy atom. The summed E-state index contributed by atoms with van der Waals surface area (Å²) >= 11 is 9.25. The van der Waals surface area contributed by atoms with Crippen molar-refractivity contribution in [3.05, 3.63) is 51.3 Å². The Bertz CT molecular complexity index is 597. The van der Waals surface area contributed by atoms with Crippen molar-refractivity contribution < 1.29 is 13.9 Å². The number of halogens is 2. The van der Waals surface area contributed by atoms with E-state index in [1.165, 1.54) is 7.11 Å². The van der Waals surface area contributed by atoms with Gasteiger partial charge in [-0.2, -0.15) is 0 Å². The first-order chi connectivity index (χ1) is 9.11. The number of carbonyl (C=O) groups excluding carboxylic acids is 1. The zero-order valence-corrected chi connectivity index (χ0v) is 12.4. The third kappa shape index (κ3) is 3.30. The van der Waals surface area contributed by atoms with E-state index < -0.39 is 5.97 Å². The van der Waals surface area contributed by atoms with Crippen LogP contribution in [0.3, 0.4) is 0 Å². The average molecular weight is 345 g/mol. The summed E-state index contributed by atoms with van der Waals surface area (Å²) in [5, 5.41) is 3.59. The molecule has 1 N–H and O–H groups in total. The fraction of sp³-hybridized carbons (Fsp3) is 0.154. The number of ether oxygens (including phenoxy) is 1. The number of esters is 1. The first-order valence-electron chi connectivity index (χ1n) is 5.45. The van der Waals surface area contributed by atoms with Crippen LogP contribution in [0, 0.1) is 0 Å². The SMILES string of the molecule is COC(=O)c1cc(Cl)ccc1NCc1occc1Br. The van der Waals surface area contributed by atoms with Gasteiger partial charge in [-0.1, -0.05) is 11.6 Å². The molecule has 0 saturated heterocycles. The van der Waals surface area contributed by atoms with Gasteiger partial charge in [0, 0.05) is 10.7 Å². The molecule has 0 aliphatic heterocycles. The van der Waals surface area contributed by atoms with Crippen LogP contribution in [0.1, 0.15) is 16.1 Å². The highest BCUT2D eigenvalue weighted by molar-refractivity contribution is 9.10. The second-order valence-corrected chi connectivity index (χ2v) is 5.02. The fourth-order valence-corrected chi connectivity index (χ4v) is 2.09. The Kier molecular flexibility index (Phi) is 4.50. The number of nitrogens with one attached hydrogen (secondary N) is 1. The van der Waals surface area contributed by atoms with Crippen LogP contribution in [0.15, 0.2) is 39.4 Å². The molecule has 1 aromatic carbocycles. The minimum Gasteiger partial charge on any atom is -0.466 e. The minimum atomic E-state index is -0.441. The highest BCUT2D eigenvalue weighted by Gasteiger charge is 2.13. The lowest BCUT2D eigenvalue weighted by Gasteiger charge is -2.10. The molecule has 4 nitrogen and oxygen atoms in total. The first-order valence-corrected chi connectivity index (χ1v) is 6.62. The molecule has 2 aromatic rings. The third-order valence-electron chi connectivity index (χ3n) is 2.52. The summed E-state index contributed by atoms with van der Waals surface area (Å²) < 4.78 is 10.9. The Hall–Kier alpha value is -1.46. The van der Waals surface area contributed by atoms with Gasteiger partial charge >= 0.3 is 5.97 Å². The second-order valence-electron chi connectivity index (χ2n) is 3.73. The van der Waals surface area contributed by atoms with Crippen molar-refractivity contribution in [2.45, 2.75) is 6.54 Å². The van der Waals surface area contributed by atoms with Gasteiger partial charge in [0.1, 0.15) is 5.76 Å². The zero-order valence-electron chi connectivity index (χ0n) is 10.1. The van der Waals surface area contributed by atoms with Crippen molar-refractivity contribution in [1.29, 1.82) is 0 Å². The van der Waals surface area contributed by atoms with Gasteiger partial charge < -0.3 is 14.5 Å². The number of hydrogen-bond donors (Lipinski definition) is 1. The molecule has 2 rings (SSSR count). The maximum Gasteiger partial charge on any atom is 0.340 e. The van der Waals surface area contributed by atoms with Crippen molar-refractivity contribution >= 4 is 39.2 Å². The second kappa shape index (κ2) is 6.12. The fourth-order valence-electron chi connectivity index (χ4n) is 1.58. The van der Waals surface area contributed by atoms with Crippen molar-refractivity contribution in [3.63, 3.8) is 0 Å². The Morgan fingerprint density at radius 2 is 2.26 bits per heavy atom. The molecule has 19 heavy (non-hydrogen) atoms. The Labute approximate surface area is 123 Å². The number of rotatable bonds is 4. The van der Waals surface area contributed by atoms with Crippen molar-refractivity contribution in [2.75, 3.05) is 12.4 Å². The van der Waals surface area contributed by atoms with Crippen LogP contribution in [0.2, 0.25) is 5.02 Å². The van der Waals surface area contributed by atoms with E-state index >= 15 is 0 Å². The smallest absolute Gasteiger partial charge is 0.340 e. The Balaban J connectivity index is 2.20. The van der Waals surface area contributed by atoms with E-state index in [0.29, 0.717) is 22.8 Å². The molecule has 100 valence electrons. The quantitative estimate of drug-likeness (QED) is 0.849. The van der Waals surface area contributed by atoms with Gasteiger partial charge in [0.05, 0.1) is 30.0 Å². The molecule has 1 aromatic heterocycles. The molecule has 6 heteroatoms. The standard InChI is InChI=1S/C13H11BrClNO3/c1-18-13(17)9-6-8(15)2-3-11(9)16-7-12-10(14)4-5-19-12/h2-6,16H,7H2,1H3. The summed E-state index contributed by atoms with van der Waals surface area (Å²) in [5.74, 6) is 0.300. The number of carbonyl (C=O) groups is 1. The molecule has 0 fully saturated rings. The van der Waals surface area contributed by atoms with E-state index in [9.17, 15) is 4.79 Å². The maximum absolute atomic E-state index is 11.7.